The van der Waals surface area contributed by atoms with Crippen LogP contribution in [0.15, 0.2) is 43.4 Å². The molecular weight excluding hydrogens is 366 g/mol. The van der Waals surface area contributed by atoms with Crippen molar-refractivity contribution in [2.24, 2.45) is 5.10 Å². The van der Waals surface area contributed by atoms with E-state index in [0.717, 1.165) is 10.0 Å². The van der Waals surface area contributed by atoms with Gasteiger partial charge in [-0.1, -0.05) is 28.1 Å². The lowest BCUT2D eigenvalue weighted by molar-refractivity contribution is -0.121. The number of hydrogen-bond donors (Lipinski definition) is 3. The summed E-state index contributed by atoms with van der Waals surface area (Å²) in [4.78, 5) is 36.1. The van der Waals surface area contributed by atoms with Crippen LogP contribution < -0.4 is 16.7 Å². The van der Waals surface area contributed by atoms with Gasteiger partial charge in [-0.2, -0.15) is 10.2 Å². The molecule has 23 heavy (non-hydrogen) atoms. The number of aryl methyl sites for hydroxylation is 1. The number of carbonyl (C=O) groups excluding carboxylic acids is 1. The van der Waals surface area contributed by atoms with Crippen molar-refractivity contribution in [2.45, 2.75) is 19.8 Å². The monoisotopic (exact) mass is 379 g/mol. The smallest absolute Gasteiger partial charge is 0.273 e. The number of rotatable bonds is 5. The van der Waals surface area contributed by atoms with E-state index in [4.69, 9.17) is 0 Å². The maximum absolute atomic E-state index is 11.7. The second-order valence-electron chi connectivity index (χ2n) is 4.69. The minimum absolute atomic E-state index is 0.0270. The number of aromatic nitrogens is 3. The average molecular weight is 380 g/mol. The number of benzene rings is 1. The van der Waals surface area contributed by atoms with E-state index in [1.807, 2.05) is 29.2 Å². The van der Waals surface area contributed by atoms with Gasteiger partial charge in [0.2, 0.25) is 5.91 Å². The van der Waals surface area contributed by atoms with E-state index in [0.29, 0.717) is 5.71 Å². The molecule has 1 heterocycles. The number of hydrogen-bond acceptors (Lipinski definition) is 5. The Morgan fingerprint density at radius 3 is 2.65 bits per heavy atom. The zero-order valence-electron chi connectivity index (χ0n) is 12.2. The maximum Gasteiger partial charge on any atom is 0.342 e. The van der Waals surface area contributed by atoms with Crippen LogP contribution in [-0.4, -0.2) is 26.8 Å². The summed E-state index contributed by atoms with van der Waals surface area (Å²) >= 11 is 3.34. The van der Waals surface area contributed by atoms with Gasteiger partial charge in [-0.05, 0) is 24.6 Å². The molecule has 8 nitrogen and oxygen atoms in total. The van der Waals surface area contributed by atoms with Crippen molar-refractivity contribution in [1.82, 2.24) is 20.6 Å². The van der Waals surface area contributed by atoms with Crippen LogP contribution in [0.1, 0.15) is 24.6 Å². The summed E-state index contributed by atoms with van der Waals surface area (Å²) in [6.07, 6.45) is 0.129. The van der Waals surface area contributed by atoms with Crippen molar-refractivity contribution in [3.8, 4) is 0 Å². The van der Waals surface area contributed by atoms with Gasteiger partial charge < -0.3 is 0 Å². The Kier molecular flexibility index (Phi) is 5.58. The predicted molar refractivity (Wildman–Crippen MR) is 88.3 cm³/mol. The molecule has 2 rings (SSSR count). The molecule has 0 aliphatic carbocycles. The molecule has 1 amide bonds. The van der Waals surface area contributed by atoms with Crippen LogP contribution in [0.5, 0.6) is 0 Å². The number of halogens is 1. The molecule has 1 aromatic heterocycles. The molecule has 9 heteroatoms. The third-order valence-corrected chi connectivity index (χ3v) is 3.51. The van der Waals surface area contributed by atoms with Gasteiger partial charge >= 0.3 is 5.69 Å². The number of amides is 1. The lowest BCUT2D eigenvalue weighted by Gasteiger charge is -2.03. The van der Waals surface area contributed by atoms with Gasteiger partial charge in [-0.25, -0.2) is 15.3 Å². The first kappa shape index (κ1) is 16.8. The number of aromatic amines is 2. The predicted octanol–water partition coefficient (Wildman–Crippen LogP) is 0.694. The minimum Gasteiger partial charge on any atom is -0.273 e. The van der Waals surface area contributed by atoms with Crippen molar-refractivity contribution < 1.29 is 4.79 Å². The number of carbonyl (C=O) groups is 1. The first-order valence-corrected chi connectivity index (χ1v) is 7.52. The highest BCUT2D eigenvalue weighted by molar-refractivity contribution is 9.10. The minimum atomic E-state index is -0.682. The van der Waals surface area contributed by atoms with Gasteiger partial charge in [0.1, 0.15) is 5.69 Å². The van der Waals surface area contributed by atoms with Gasteiger partial charge in [-0.15, -0.1) is 0 Å². The molecule has 3 N–H and O–H groups in total. The number of H-pyrrole nitrogens is 2. The summed E-state index contributed by atoms with van der Waals surface area (Å²) in [5, 5.41) is 9.73. The van der Waals surface area contributed by atoms with E-state index < -0.39 is 11.2 Å². The van der Waals surface area contributed by atoms with Gasteiger partial charge in [0, 0.05) is 17.3 Å². The normalized spacial score (nSPS) is 11.3. The van der Waals surface area contributed by atoms with Crippen molar-refractivity contribution in [1.29, 1.82) is 0 Å². The molecule has 0 saturated carbocycles. The Labute approximate surface area is 139 Å². The van der Waals surface area contributed by atoms with Crippen molar-refractivity contribution in [3.05, 3.63) is 60.8 Å². The fourth-order valence-electron chi connectivity index (χ4n) is 1.73. The van der Waals surface area contributed by atoms with Crippen LogP contribution in [0.25, 0.3) is 0 Å². The summed E-state index contributed by atoms with van der Waals surface area (Å²) in [5.74, 6) is -0.353. The van der Waals surface area contributed by atoms with Gasteiger partial charge in [0.15, 0.2) is 0 Å². The fraction of sp³-hybridized carbons (Fsp3) is 0.214. The molecule has 0 unspecified atom stereocenters. The number of nitrogens with zero attached hydrogens (tertiary/aromatic N) is 2. The summed E-state index contributed by atoms with van der Waals surface area (Å²) < 4.78 is 0.955. The standard InChI is InChI=1S/C14H14BrN5O3/c1-8(9-2-4-10(15)5-3-9)17-19-12(21)7-6-11-13(22)16-14(23)20-18-11/h2-5H,6-7H2,1H3,(H,19,21)(H2,16,20,22,23). The molecule has 0 spiro atoms. The van der Waals surface area contributed by atoms with Crippen molar-refractivity contribution >= 4 is 27.5 Å². The van der Waals surface area contributed by atoms with E-state index in [9.17, 15) is 14.4 Å². The van der Waals surface area contributed by atoms with Crippen LogP contribution in [0.2, 0.25) is 0 Å². The van der Waals surface area contributed by atoms with Gasteiger partial charge in [-0.3, -0.25) is 14.6 Å². The molecule has 0 radical (unpaired) electrons. The van der Waals surface area contributed by atoms with Crippen LogP contribution in [0.4, 0.5) is 0 Å². The van der Waals surface area contributed by atoms with Crippen LogP contribution in [0.3, 0.4) is 0 Å². The lowest BCUT2D eigenvalue weighted by atomic mass is 10.1. The van der Waals surface area contributed by atoms with E-state index >= 15 is 0 Å². The largest absolute Gasteiger partial charge is 0.342 e. The fourth-order valence-corrected chi connectivity index (χ4v) is 2.00. The zero-order chi connectivity index (χ0) is 16.8. The molecule has 0 aliphatic heterocycles. The SMILES string of the molecule is CC(=NNC(=O)CCc1n[nH]c(=O)[nH]c1=O)c1ccc(Br)cc1. The first-order valence-electron chi connectivity index (χ1n) is 6.72. The molecule has 0 fully saturated rings. The number of nitrogens with one attached hydrogen (secondary N) is 3. The molecular formula is C14H14BrN5O3. The third kappa shape index (κ3) is 4.99. The molecule has 2 aromatic rings. The van der Waals surface area contributed by atoms with E-state index in [-0.39, 0.29) is 24.4 Å². The van der Waals surface area contributed by atoms with E-state index in [2.05, 4.69) is 36.7 Å². The summed E-state index contributed by atoms with van der Waals surface area (Å²) in [6.45, 7) is 1.78. The molecule has 0 atom stereocenters. The van der Waals surface area contributed by atoms with Gasteiger partial charge in [0.05, 0.1) is 5.71 Å². The summed E-state index contributed by atoms with van der Waals surface area (Å²) in [7, 11) is 0. The van der Waals surface area contributed by atoms with Crippen molar-refractivity contribution in [2.75, 3.05) is 0 Å². The quantitative estimate of drug-likeness (QED) is 0.522. The molecule has 0 bridgehead atoms. The maximum atomic E-state index is 11.7. The summed E-state index contributed by atoms with van der Waals surface area (Å²) in [6, 6.07) is 7.51. The molecule has 1 aromatic carbocycles. The van der Waals surface area contributed by atoms with E-state index in [1.54, 1.807) is 6.92 Å². The topological polar surface area (TPSA) is 120 Å². The number of hydrazone groups is 1. The van der Waals surface area contributed by atoms with Crippen LogP contribution in [0, 0.1) is 0 Å². The van der Waals surface area contributed by atoms with Crippen LogP contribution in [-0.2, 0) is 11.2 Å². The highest BCUT2D eigenvalue weighted by Gasteiger charge is 2.07. The highest BCUT2D eigenvalue weighted by Crippen LogP contribution is 2.11. The zero-order valence-corrected chi connectivity index (χ0v) is 13.8. The molecule has 0 aliphatic rings. The lowest BCUT2D eigenvalue weighted by Crippen LogP contribution is -2.28. The summed E-state index contributed by atoms with van der Waals surface area (Å²) in [5.41, 5.74) is 2.77. The Hall–Kier alpha value is -2.55. The average Bonchev–Trinajstić information content (AvgIpc) is 2.52. The van der Waals surface area contributed by atoms with E-state index in [1.165, 1.54) is 0 Å². The second-order valence-corrected chi connectivity index (χ2v) is 5.61. The molecule has 0 saturated heterocycles. The third-order valence-electron chi connectivity index (χ3n) is 2.98. The Bertz CT molecular complexity index is 838. The molecule has 120 valence electrons. The Morgan fingerprint density at radius 2 is 2.00 bits per heavy atom. The second kappa shape index (κ2) is 7.63. The Morgan fingerprint density at radius 1 is 1.30 bits per heavy atom. The Balaban J connectivity index is 1.91. The van der Waals surface area contributed by atoms with Crippen molar-refractivity contribution in [3.63, 3.8) is 0 Å². The van der Waals surface area contributed by atoms with Gasteiger partial charge in [0.25, 0.3) is 5.56 Å². The highest BCUT2D eigenvalue weighted by atomic mass is 79.9. The van der Waals surface area contributed by atoms with Crippen LogP contribution >= 0.6 is 15.9 Å². The first-order chi connectivity index (χ1) is 11.0.